The highest BCUT2D eigenvalue weighted by Crippen LogP contribution is 2.07. The van der Waals surface area contributed by atoms with Crippen molar-refractivity contribution in [1.29, 1.82) is 0 Å². The lowest BCUT2D eigenvalue weighted by atomic mass is 10.2. The van der Waals surface area contributed by atoms with Crippen LogP contribution in [0.2, 0.25) is 0 Å². The molecule has 0 atom stereocenters. The van der Waals surface area contributed by atoms with Gasteiger partial charge >= 0.3 is 0 Å². The van der Waals surface area contributed by atoms with Gasteiger partial charge in [0.1, 0.15) is 11.6 Å². The summed E-state index contributed by atoms with van der Waals surface area (Å²) >= 11 is 0. The second-order valence-corrected chi connectivity index (χ2v) is 6.78. The molecule has 0 spiro atoms. The maximum atomic E-state index is 12.9. The van der Waals surface area contributed by atoms with Crippen LogP contribution in [0, 0.1) is 11.6 Å². The van der Waals surface area contributed by atoms with E-state index in [9.17, 15) is 8.78 Å². The van der Waals surface area contributed by atoms with Gasteiger partial charge in [-0.3, -0.25) is 9.80 Å². The summed E-state index contributed by atoms with van der Waals surface area (Å²) in [6.45, 7) is 7.16. The molecule has 0 aliphatic carbocycles. The minimum Gasteiger partial charge on any atom is -0.375 e. The smallest absolute Gasteiger partial charge is 0.123 e. The summed E-state index contributed by atoms with van der Waals surface area (Å²) in [6.07, 6.45) is 4.17. The maximum Gasteiger partial charge on any atom is 0.123 e. The van der Waals surface area contributed by atoms with Gasteiger partial charge in [0.25, 0.3) is 0 Å². The van der Waals surface area contributed by atoms with E-state index in [4.69, 9.17) is 4.74 Å². The molecule has 27 heavy (non-hydrogen) atoms. The van der Waals surface area contributed by atoms with Gasteiger partial charge in [-0.15, -0.1) is 0 Å². The summed E-state index contributed by atoms with van der Waals surface area (Å²) in [6, 6.07) is 13.0. The van der Waals surface area contributed by atoms with Gasteiger partial charge in [0.15, 0.2) is 0 Å². The van der Waals surface area contributed by atoms with E-state index in [0.29, 0.717) is 13.2 Å². The quantitative estimate of drug-likeness (QED) is 0.656. The second kappa shape index (κ2) is 10.3. The lowest BCUT2D eigenvalue weighted by molar-refractivity contribution is 0.0710. The first-order valence-corrected chi connectivity index (χ1v) is 9.38. The van der Waals surface area contributed by atoms with Crippen LogP contribution >= 0.6 is 0 Å². The molecule has 3 nitrogen and oxygen atoms in total. The first kappa shape index (κ1) is 19.7. The average Bonchev–Trinajstić information content (AvgIpc) is 2.69. The standard InChI is InChI=1S/C22H26F2N2O/c23-21-7-3-19(4-8-21)2-1-11-25-12-14-26(15-13-25)16-17-27-18-20-5-9-22(24)10-6-20/h1-10H,11-18H2/b2-1+. The van der Waals surface area contributed by atoms with Crippen LogP contribution in [0.3, 0.4) is 0 Å². The second-order valence-electron chi connectivity index (χ2n) is 6.78. The Kier molecular flexibility index (Phi) is 7.51. The summed E-state index contributed by atoms with van der Waals surface area (Å²) < 4.78 is 31.4. The molecule has 2 aromatic rings. The number of rotatable bonds is 8. The fraction of sp³-hybridized carbons (Fsp3) is 0.364. The third kappa shape index (κ3) is 6.86. The molecule has 3 rings (SSSR count). The SMILES string of the molecule is Fc1ccc(/C=C/CN2CCN(CCOCc3ccc(F)cc3)CC2)cc1. The van der Waals surface area contributed by atoms with Crippen LogP contribution in [-0.2, 0) is 11.3 Å². The average molecular weight is 372 g/mol. The number of nitrogens with zero attached hydrogens (tertiary/aromatic N) is 2. The normalized spacial score (nSPS) is 16.2. The van der Waals surface area contributed by atoms with Crippen LogP contribution in [0.4, 0.5) is 8.78 Å². The first-order chi connectivity index (χ1) is 13.2. The molecule has 0 aromatic heterocycles. The Balaban J connectivity index is 1.28. The lowest BCUT2D eigenvalue weighted by Gasteiger charge is -2.34. The molecule has 144 valence electrons. The molecule has 1 heterocycles. The third-order valence-electron chi connectivity index (χ3n) is 4.74. The van der Waals surface area contributed by atoms with Gasteiger partial charge in [-0.25, -0.2) is 8.78 Å². The molecular formula is C22H26F2N2O. The van der Waals surface area contributed by atoms with Crippen molar-refractivity contribution in [3.05, 3.63) is 77.4 Å². The Morgan fingerprint density at radius 3 is 2.07 bits per heavy atom. The monoisotopic (exact) mass is 372 g/mol. The molecule has 0 unspecified atom stereocenters. The largest absolute Gasteiger partial charge is 0.375 e. The molecule has 0 amide bonds. The van der Waals surface area contributed by atoms with E-state index in [2.05, 4.69) is 15.9 Å². The molecule has 1 aliphatic rings. The van der Waals surface area contributed by atoms with E-state index in [0.717, 1.165) is 50.4 Å². The van der Waals surface area contributed by atoms with Crippen molar-refractivity contribution < 1.29 is 13.5 Å². The summed E-state index contributed by atoms with van der Waals surface area (Å²) in [4.78, 5) is 4.82. The predicted molar refractivity (Wildman–Crippen MR) is 104 cm³/mol. The Morgan fingerprint density at radius 1 is 0.815 bits per heavy atom. The van der Waals surface area contributed by atoms with Gasteiger partial charge < -0.3 is 4.74 Å². The van der Waals surface area contributed by atoms with Crippen LogP contribution in [0.5, 0.6) is 0 Å². The molecular weight excluding hydrogens is 346 g/mol. The van der Waals surface area contributed by atoms with Gasteiger partial charge in [-0.2, -0.15) is 0 Å². The maximum absolute atomic E-state index is 12.9. The van der Waals surface area contributed by atoms with Gasteiger partial charge in [-0.05, 0) is 35.4 Å². The molecule has 0 radical (unpaired) electrons. The molecule has 0 bridgehead atoms. The number of benzene rings is 2. The topological polar surface area (TPSA) is 15.7 Å². The minimum absolute atomic E-state index is 0.204. The van der Waals surface area contributed by atoms with Crippen LogP contribution in [-0.4, -0.2) is 55.7 Å². The van der Waals surface area contributed by atoms with Gasteiger partial charge in [0.2, 0.25) is 0 Å². The highest BCUT2D eigenvalue weighted by Gasteiger charge is 2.15. The minimum atomic E-state index is -0.218. The molecule has 1 saturated heterocycles. The van der Waals surface area contributed by atoms with Crippen LogP contribution in [0.25, 0.3) is 6.08 Å². The number of ether oxygens (including phenoxy) is 1. The highest BCUT2D eigenvalue weighted by atomic mass is 19.1. The predicted octanol–water partition coefficient (Wildman–Crippen LogP) is 3.81. The molecule has 0 saturated carbocycles. The van der Waals surface area contributed by atoms with Crippen molar-refractivity contribution in [1.82, 2.24) is 9.80 Å². The fourth-order valence-corrected chi connectivity index (χ4v) is 3.07. The Morgan fingerprint density at radius 2 is 1.41 bits per heavy atom. The molecule has 0 N–H and O–H groups in total. The third-order valence-corrected chi connectivity index (χ3v) is 4.74. The van der Waals surface area contributed by atoms with Crippen molar-refractivity contribution in [2.75, 3.05) is 45.9 Å². The number of hydrogen-bond donors (Lipinski definition) is 0. The number of piperazine rings is 1. The Labute approximate surface area is 159 Å². The number of halogens is 2. The fourth-order valence-electron chi connectivity index (χ4n) is 3.07. The van der Waals surface area contributed by atoms with E-state index < -0.39 is 0 Å². The van der Waals surface area contributed by atoms with Crippen molar-refractivity contribution in [3.8, 4) is 0 Å². The zero-order valence-corrected chi connectivity index (χ0v) is 15.5. The van der Waals surface area contributed by atoms with Crippen molar-refractivity contribution in [2.45, 2.75) is 6.61 Å². The molecule has 1 fully saturated rings. The van der Waals surface area contributed by atoms with Crippen LogP contribution in [0.15, 0.2) is 54.6 Å². The van der Waals surface area contributed by atoms with Crippen LogP contribution < -0.4 is 0 Å². The van der Waals surface area contributed by atoms with E-state index in [1.807, 2.05) is 6.08 Å². The van der Waals surface area contributed by atoms with Crippen molar-refractivity contribution >= 4 is 6.08 Å². The molecule has 1 aliphatic heterocycles. The summed E-state index contributed by atoms with van der Waals surface area (Å²) in [5, 5.41) is 0. The summed E-state index contributed by atoms with van der Waals surface area (Å²) in [5.41, 5.74) is 2.02. The van der Waals surface area contributed by atoms with Crippen LogP contribution in [0.1, 0.15) is 11.1 Å². The number of hydrogen-bond acceptors (Lipinski definition) is 3. The Bertz CT molecular complexity index is 708. The Hall–Kier alpha value is -2.08. The van der Waals surface area contributed by atoms with E-state index in [-0.39, 0.29) is 11.6 Å². The summed E-state index contributed by atoms with van der Waals surface area (Å²) in [5.74, 6) is -0.422. The van der Waals surface area contributed by atoms with Gasteiger partial charge in [0, 0.05) is 39.3 Å². The molecule has 2 aromatic carbocycles. The van der Waals surface area contributed by atoms with E-state index in [1.165, 1.54) is 24.3 Å². The van der Waals surface area contributed by atoms with E-state index in [1.54, 1.807) is 24.3 Å². The first-order valence-electron chi connectivity index (χ1n) is 9.38. The van der Waals surface area contributed by atoms with Crippen molar-refractivity contribution in [3.63, 3.8) is 0 Å². The highest BCUT2D eigenvalue weighted by molar-refractivity contribution is 5.48. The molecule has 5 heteroatoms. The van der Waals surface area contributed by atoms with Crippen molar-refractivity contribution in [2.24, 2.45) is 0 Å². The summed E-state index contributed by atoms with van der Waals surface area (Å²) in [7, 11) is 0. The van der Waals surface area contributed by atoms with E-state index >= 15 is 0 Å². The lowest BCUT2D eigenvalue weighted by Crippen LogP contribution is -2.47. The zero-order valence-electron chi connectivity index (χ0n) is 15.5. The van der Waals surface area contributed by atoms with Gasteiger partial charge in [-0.1, -0.05) is 36.4 Å². The zero-order chi connectivity index (χ0) is 18.9. The van der Waals surface area contributed by atoms with Gasteiger partial charge in [0.05, 0.1) is 13.2 Å².